The summed E-state index contributed by atoms with van der Waals surface area (Å²) in [6, 6.07) is 2.73. The number of rotatable bonds is 6. The summed E-state index contributed by atoms with van der Waals surface area (Å²) < 4.78 is 4.20. The monoisotopic (exact) mass is 331 g/mol. The highest BCUT2D eigenvalue weighted by Gasteiger charge is 2.26. The molecule has 7 heteroatoms. The molecule has 0 amide bonds. The lowest BCUT2D eigenvalue weighted by atomic mass is 10.2. The van der Waals surface area contributed by atoms with Gasteiger partial charge in [0.25, 0.3) is 0 Å². The molecule has 0 bridgehead atoms. The molecule has 1 fully saturated rings. The first-order valence-corrected chi connectivity index (χ1v) is 8.72. The van der Waals surface area contributed by atoms with Crippen LogP contribution < -0.4 is 0 Å². The molecule has 1 aliphatic rings. The average Bonchev–Trinajstić information content (AvgIpc) is 3.21. The highest BCUT2D eigenvalue weighted by molar-refractivity contribution is 5.06. The van der Waals surface area contributed by atoms with E-state index in [2.05, 4.69) is 61.3 Å². The maximum atomic E-state index is 4.55. The quantitative estimate of drug-likeness (QED) is 0.795. The molecule has 2 aromatic heterocycles. The zero-order valence-corrected chi connectivity index (χ0v) is 15.5. The summed E-state index contributed by atoms with van der Waals surface area (Å²) in [4.78, 5) is 4.95. The Labute approximate surface area is 144 Å². The molecule has 0 aliphatic carbocycles. The van der Waals surface area contributed by atoms with Crippen LogP contribution in [0.25, 0.3) is 0 Å². The van der Waals surface area contributed by atoms with Gasteiger partial charge in [0.2, 0.25) is 0 Å². The lowest BCUT2D eigenvalue weighted by molar-refractivity contribution is 0.215. The van der Waals surface area contributed by atoms with E-state index < -0.39 is 0 Å². The second-order valence-corrected chi connectivity index (χ2v) is 7.03. The Kier molecular flexibility index (Phi) is 5.01. The van der Waals surface area contributed by atoms with Crippen molar-refractivity contribution in [3.63, 3.8) is 0 Å². The molecule has 0 saturated carbocycles. The Morgan fingerprint density at radius 1 is 1.21 bits per heavy atom. The van der Waals surface area contributed by atoms with Crippen LogP contribution in [0.15, 0.2) is 6.07 Å². The Hall–Kier alpha value is -1.73. The van der Waals surface area contributed by atoms with E-state index in [0.29, 0.717) is 6.04 Å². The van der Waals surface area contributed by atoms with Crippen LogP contribution in [0.5, 0.6) is 0 Å². The predicted molar refractivity (Wildman–Crippen MR) is 93.8 cm³/mol. The van der Waals surface area contributed by atoms with E-state index in [1.807, 2.05) is 14.0 Å². The fourth-order valence-corrected chi connectivity index (χ4v) is 3.45. The lowest BCUT2D eigenvalue weighted by Crippen LogP contribution is -2.35. The Morgan fingerprint density at radius 3 is 2.62 bits per heavy atom. The summed E-state index contributed by atoms with van der Waals surface area (Å²) >= 11 is 0. The predicted octanol–water partition coefficient (Wildman–Crippen LogP) is 1.14. The van der Waals surface area contributed by atoms with Gasteiger partial charge in [-0.25, -0.2) is 0 Å². The molecule has 1 atom stereocenters. The fourth-order valence-electron chi connectivity index (χ4n) is 3.45. The Balaban J connectivity index is 1.49. The first-order valence-electron chi connectivity index (χ1n) is 8.72. The van der Waals surface area contributed by atoms with Gasteiger partial charge in [-0.05, 0) is 46.9 Å². The van der Waals surface area contributed by atoms with Gasteiger partial charge in [-0.1, -0.05) is 0 Å². The standard InChI is InChI=1S/C17H29N7/c1-13-10-14(2)24(20-13)9-8-23-7-6-16(11-23)21(4)12-17-19-18-15(3)22(17)5/h10,16H,6-9,11-12H2,1-5H3/t16-/m1/s1. The first kappa shape index (κ1) is 17.1. The van der Waals surface area contributed by atoms with E-state index in [1.165, 1.54) is 12.1 Å². The zero-order chi connectivity index (χ0) is 17.3. The second kappa shape index (κ2) is 7.03. The molecule has 132 valence electrons. The molecule has 0 spiro atoms. The number of aryl methyl sites for hydroxylation is 3. The Morgan fingerprint density at radius 2 is 2.00 bits per heavy atom. The lowest BCUT2D eigenvalue weighted by Gasteiger charge is -2.24. The number of nitrogens with zero attached hydrogens (tertiary/aromatic N) is 7. The van der Waals surface area contributed by atoms with Crippen molar-refractivity contribution < 1.29 is 0 Å². The molecule has 1 aliphatic heterocycles. The van der Waals surface area contributed by atoms with Gasteiger partial charge in [0.1, 0.15) is 11.6 Å². The minimum Gasteiger partial charge on any atom is -0.317 e. The van der Waals surface area contributed by atoms with Gasteiger partial charge in [-0.15, -0.1) is 10.2 Å². The highest BCUT2D eigenvalue weighted by Crippen LogP contribution is 2.16. The van der Waals surface area contributed by atoms with E-state index in [4.69, 9.17) is 0 Å². The van der Waals surface area contributed by atoms with Crippen molar-refractivity contribution in [1.29, 1.82) is 0 Å². The van der Waals surface area contributed by atoms with E-state index in [-0.39, 0.29) is 0 Å². The summed E-state index contributed by atoms with van der Waals surface area (Å²) in [5, 5.41) is 13.0. The molecule has 0 N–H and O–H groups in total. The summed E-state index contributed by atoms with van der Waals surface area (Å²) in [5.74, 6) is 2.01. The van der Waals surface area contributed by atoms with Crippen LogP contribution >= 0.6 is 0 Å². The topological polar surface area (TPSA) is 55.0 Å². The minimum atomic E-state index is 0.586. The normalized spacial score (nSPS) is 18.8. The number of hydrogen-bond donors (Lipinski definition) is 0. The molecule has 1 saturated heterocycles. The summed E-state index contributed by atoms with van der Waals surface area (Å²) in [7, 11) is 4.23. The zero-order valence-electron chi connectivity index (χ0n) is 15.5. The van der Waals surface area contributed by atoms with Crippen molar-refractivity contribution in [2.45, 2.75) is 46.3 Å². The maximum absolute atomic E-state index is 4.55. The highest BCUT2D eigenvalue weighted by atomic mass is 15.3. The molecular formula is C17H29N7. The molecule has 3 rings (SSSR count). The van der Waals surface area contributed by atoms with E-state index >= 15 is 0 Å². The van der Waals surface area contributed by atoms with Gasteiger partial charge in [-0.3, -0.25) is 14.5 Å². The van der Waals surface area contributed by atoms with Crippen LogP contribution in [-0.2, 0) is 20.1 Å². The van der Waals surface area contributed by atoms with Crippen LogP contribution in [-0.4, -0.2) is 67.1 Å². The molecular weight excluding hydrogens is 302 g/mol. The van der Waals surface area contributed by atoms with E-state index in [0.717, 1.165) is 50.1 Å². The van der Waals surface area contributed by atoms with Crippen LogP contribution in [0.2, 0.25) is 0 Å². The van der Waals surface area contributed by atoms with Gasteiger partial charge in [0.15, 0.2) is 0 Å². The third-order valence-corrected chi connectivity index (χ3v) is 5.18. The molecule has 24 heavy (non-hydrogen) atoms. The molecule has 7 nitrogen and oxygen atoms in total. The van der Waals surface area contributed by atoms with Crippen LogP contribution in [0.3, 0.4) is 0 Å². The molecule has 0 aromatic carbocycles. The van der Waals surface area contributed by atoms with E-state index in [1.54, 1.807) is 0 Å². The van der Waals surface area contributed by atoms with Gasteiger partial charge >= 0.3 is 0 Å². The van der Waals surface area contributed by atoms with Crippen LogP contribution in [0.1, 0.15) is 29.5 Å². The Bertz CT molecular complexity index is 687. The fraction of sp³-hybridized carbons (Fsp3) is 0.706. The van der Waals surface area contributed by atoms with Crippen molar-refractivity contribution >= 4 is 0 Å². The van der Waals surface area contributed by atoms with Crippen molar-refractivity contribution in [2.75, 3.05) is 26.7 Å². The van der Waals surface area contributed by atoms with Crippen LogP contribution in [0, 0.1) is 20.8 Å². The first-order chi connectivity index (χ1) is 11.4. The van der Waals surface area contributed by atoms with E-state index in [9.17, 15) is 0 Å². The third kappa shape index (κ3) is 3.67. The molecule has 3 heterocycles. The maximum Gasteiger partial charge on any atom is 0.146 e. The van der Waals surface area contributed by atoms with Crippen molar-refractivity contribution in [3.05, 3.63) is 29.1 Å². The number of aromatic nitrogens is 5. The molecule has 0 radical (unpaired) electrons. The van der Waals surface area contributed by atoms with Crippen molar-refractivity contribution in [2.24, 2.45) is 7.05 Å². The largest absolute Gasteiger partial charge is 0.317 e. The van der Waals surface area contributed by atoms with Gasteiger partial charge in [0, 0.05) is 31.9 Å². The average molecular weight is 331 g/mol. The second-order valence-electron chi connectivity index (χ2n) is 7.03. The van der Waals surface area contributed by atoms with Crippen molar-refractivity contribution in [3.8, 4) is 0 Å². The van der Waals surface area contributed by atoms with Crippen LogP contribution in [0.4, 0.5) is 0 Å². The number of likely N-dealkylation sites (N-methyl/N-ethyl adjacent to an activating group) is 1. The van der Waals surface area contributed by atoms with Gasteiger partial charge in [0.05, 0.1) is 18.8 Å². The summed E-state index contributed by atoms with van der Waals surface area (Å²) in [6.07, 6.45) is 1.21. The SMILES string of the molecule is Cc1cc(C)n(CCN2CC[C@@H](N(C)Cc3nnc(C)n3C)C2)n1. The third-order valence-electron chi connectivity index (χ3n) is 5.18. The number of hydrogen-bond acceptors (Lipinski definition) is 5. The van der Waals surface area contributed by atoms with Gasteiger partial charge in [-0.2, -0.15) is 5.10 Å². The molecule has 0 unspecified atom stereocenters. The summed E-state index contributed by atoms with van der Waals surface area (Å²) in [6.45, 7) is 11.3. The van der Waals surface area contributed by atoms with Crippen molar-refractivity contribution in [1.82, 2.24) is 34.3 Å². The minimum absolute atomic E-state index is 0.586. The summed E-state index contributed by atoms with van der Waals surface area (Å²) in [5.41, 5.74) is 2.35. The smallest absolute Gasteiger partial charge is 0.146 e. The number of likely N-dealkylation sites (tertiary alicyclic amines) is 1. The van der Waals surface area contributed by atoms with Gasteiger partial charge < -0.3 is 4.57 Å². The molecule has 2 aromatic rings.